The summed E-state index contributed by atoms with van der Waals surface area (Å²) in [6.07, 6.45) is -0.472. The third kappa shape index (κ3) is 4.31. The van der Waals surface area contributed by atoms with E-state index in [9.17, 15) is 4.79 Å². The van der Waals surface area contributed by atoms with Crippen molar-refractivity contribution in [3.05, 3.63) is 77.1 Å². The Kier molecular flexibility index (Phi) is 3.98. The van der Waals surface area contributed by atoms with Crippen LogP contribution in [0.3, 0.4) is 0 Å². The molecule has 4 rings (SSSR count). The van der Waals surface area contributed by atoms with Crippen LogP contribution in [0, 0.1) is 0 Å². The number of fused-ring (bicyclic) bond motifs is 1. The molecule has 2 heterocycles. The van der Waals surface area contributed by atoms with Gasteiger partial charge in [0, 0.05) is 36.9 Å². The smallest absolute Gasteiger partial charge is 0.323 e. The van der Waals surface area contributed by atoms with E-state index in [4.69, 9.17) is 28.9 Å². The number of H-pyrrole nitrogens is 1. The molecule has 0 bridgehead atoms. The number of methoxy groups -OCH3 is 1. The van der Waals surface area contributed by atoms with Gasteiger partial charge >= 0.3 is 6.03 Å². The monoisotopic (exact) mass is 426 g/mol. The van der Waals surface area contributed by atoms with Gasteiger partial charge in [-0.05, 0) is 54.1 Å². The zero-order chi connectivity index (χ0) is 25.4. The van der Waals surface area contributed by atoms with Crippen LogP contribution in [0.2, 0.25) is 5.02 Å². The molecule has 0 atom stereocenters. The Balaban J connectivity index is 1.61. The second-order valence-electron chi connectivity index (χ2n) is 6.37. The number of carbonyl (C=O) groups is 1. The maximum absolute atomic E-state index is 12.8. The van der Waals surface area contributed by atoms with Crippen molar-refractivity contribution in [2.75, 3.05) is 23.4 Å². The lowest BCUT2D eigenvalue weighted by molar-refractivity contribution is 0.262. The Bertz CT molecular complexity index is 1410. The predicted octanol–water partition coefficient (Wildman–Crippen LogP) is 5.04. The molecule has 0 radical (unpaired) electrons. The number of hydrogen-bond acceptors (Lipinski definition) is 4. The molecule has 4 aromatic rings. The van der Waals surface area contributed by atoms with Crippen LogP contribution >= 0.6 is 11.6 Å². The summed E-state index contributed by atoms with van der Waals surface area (Å²) >= 11 is 6.00. The van der Waals surface area contributed by atoms with E-state index in [1.807, 2.05) is 0 Å². The van der Waals surface area contributed by atoms with Gasteiger partial charge in [0.1, 0.15) is 11.6 Å². The highest BCUT2D eigenvalue weighted by atomic mass is 35.5. The van der Waals surface area contributed by atoms with Crippen molar-refractivity contribution in [1.29, 1.82) is 0 Å². The first kappa shape index (κ1) is 14.3. The van der Waals surface area contributed by atoms with Crippen molar-refractivity contribution in [3.63, 3.8) is 0 Å². The first-order valence-corrected chi connectivity index (χ1v) is 9.21. The zero-order valence-corrected chi connectivity index (χ0v) is 16.2. The van der Waals surface area contributed by atoms with Gasteiger partial charge in [0.15, 0.2) is 0 Å². The fourth-order valence-corrected chi connectivity index (χ4v) is 3.15. The van der Waals surface area contributed by atoms with Crippen LogP contribution in [0.4, 0.5) is 22.0 Å². The normalized spacial score (nSPS) is 14.1. The molecule has 0 fully saturated rings. The van der Waals surface area contributed by atoms with E-state index < -0.39 is 19.4 Å². The van der Waals surface area contributed by atoms with E-state index in [0.717, 1.165) is 0 Å². The van der Waals surface area contributed by atoms with E-state index in [-0.39, 0.29) is 28.0 Å². The van der Waals surface area contributed by atoms with Gasteiger partial charge in [-0.15, -0.1) is 0 Å². The van der Waals surface area contributed by atoms with Crippen molar-refractivity contribution in [2.24, 2.45) is 0 Å². The first-order chi connectivity index (χ1) is 16.4. The van der Waals surface area contributed by atoms with Gasteiger partial charge in [0.05, 0.1) is 22.5 Å². The van der Waals surface area contributed by atoms with E-state index in [1.165, 1.54) is 30.5 Å². The topological polar surface area (TPSA) is 105 Å². The number of rotatable bonds is 5. The van der Waals surface area contributed by atoms with Crippen LogP contribution < -0.4 is 21.1 Å². The number of aromatic nitrogens is 2. The lowest BCUT2D eigenvalue weighted by Crippen LogP contribution is -2.19. The van der Waals surface area contributed by atoms with Crippen LogP contribution in [0.15, 0.2) is 60.8 Å². The maximum Gasteiger partial charge on any atom is 0.323 e. The lowest BCUT2D eigenvalue weighted by atomic mass is 10.1. The van der Waals surface area contributed by atoms with Gasteiger partial charge in [-0.2, -0.15) is 0 Å². The van der Waals surface area contributed by atoms with Gasteiger partial charge in [0.25, 0.3) is 0 Å². The molecule has 0 unspecified atom stereocenters. The Morgan fingerprint density at radius 3 is 2.93 bits per heavy atom. The first-order valence-electron chi connectivity index (χ1n) is 11.3. The molecule has 0 aliphatic rings. The Morgan fingerprint density at radius 1 is 1.23 bits per heavy atom. The number of aromatic amines is 1. The van der Waals surface area contributed by atoms with Gasteiger partial charge < -0.3 is 26.1 Å². The van der Waals surface area contributed by atoms with Gasteiger partial charge in [-0.1, -0.05) is 17.7 Å². The summed E-state index contributed by atoms with van der Waals surface area (Å²) in [5.74, 6) is 0.126. The number of benzene rings is 2. The number of pyridine rings is 1. The minimum absolute atomic E-state index is 0.0691. The van der Waals surface area contributed by atoms with Gasteiger partial charge in [0.2, 0.25) is 0 Å². The molecule has 8 heteroatoms. The van der Waals surface area contributed by atoms with Crippen molar-refractivity contribution < 1.29 is 16.4 Å². The highest BCUT2D eigenvalue weighted by molar-refractivity contribution is 6.31. The van der Waals surface area contributed by atoms with Crippen LogP contribution in [-0.4, -0.2) is 23.0 Å². The number of nitrogens with zero attached hydrogens (tertiary/aromatic N) is 1. The molecule has 7 nitrogen and oxygen atoms in total. The molecule has 2 aromatic carbocycles. The van der Waals surface area contributed by atoms with E-state index in [2.05, 4.69) is 20.6 Å². The van der Waals surface area contributed by atoms with Crippen LogP contribution in [0.25, 0.3) is 10.9 Å². The maximum atomic E-state index is 12.8. The molecule has 30 heavy (non-hydrogen) atoms. The summed E-state index contributed by atoms with van der Waals surface area (Å²) < 4.78 is 44.0. The summed E-state index contributed by atoms with van der Waals surface area (Å²) in [5, 5.41) is 6.07. The van der Waals surface area contributed by atoms with Crippen LogP contribution in [0.1, 0.15) is 18.1 Å². The molecule has 5 N–H and O–H groups in total. The number of hydrogen-bond donors (Lipinski definition) is 4. The molecule has 2 amide bonds. The number of halogens is 1. The second-order valence-corrected chi connectivity index (χ2v) is 6.80. The highest BCUT2D eigenvalue weighted by Crippen LogP contribution is 2.29. The number of nitrogens with one attached hydrogen (secondary N) is 3. The quantitative estimate of drug-likeness (QED) is 0.358. The average molecular weight is 427 g/mol. The summed E-state index contributed by atoms with van der Waals surface area (Å²) in [5.41, 5.74) is 7.36. The van der Waals surface area contributed by atoms with Crippen molar-refractivity contribution in [1.82, 2.24) is 9.97 Å². The number of nitrogens with two attached hydrogens (primary N) is 1. The second kappa shape index (κ2) is 8.34. The fourth-order valence-electron chi connectivity index (χ4n) is 2.98. The Labute approximate surface area is 185 Å². The summed E-state index contributed by atoms with van der Waals surface area (Å²) in [6, 6.07) is 13.2. The predicted molar refractivity (Wildman–Crippen MR) is 120 cm³/mol. The zero-order valence-electron chi connectivity index (χ0n) is 20.5. The largest absolute Gasteiger partial charge is 0.495 e. The number of amides is 2. The number of carbonyl (C=O) groups excluding carboxylic acids is 1. The number of ether oxygens (including phenoxy) is 1. The van der Waals surface area contributed by atoms with E-state index >= 15 is 0 Å². The van der Waals surface area contributed by atoms with E-state index in [1.54, 1.807) is 30.3 Å². The van der Waals surface area contributed by atoms with E-state index in [0.29, 0.717) is 22.2 Å². The Morgan fingerprint density at radius 2 is 2.10 bits per heavy atom. The van der Waals surface area contributed by atoms with Crippen molar-refractivity contribution in [2.45, 2.75) is 6.37 Å². The number of anilines is 3. The van der Waals surface area contributed by atoms with Crippen LogP contribution in [0.5, 0.6) is 5.75 Å². The van der Waals surface area contributed by atoms with Crippen molar-refractivity contribution >= 4 is 45.7 Å². The molecule has 0 spiro atoms. The summed E-state index contributed by atoms with van der Waals surface area (Å²) in [6.45, 7) is 0. The van der Waals surface area contributed by atoms with Gasteiger partial charge in [-0.3, -0.25) is 0 Å². The standard InChI is InChI=1S/C22H20ClN5O2/c1-30-20-6-5-14(23)11-19(20)28-22(29)27-18-4-2-3-17-16(18)12-15(26-17)9-13-7-8-25-21(24)10-13/h2-8,10-12,26H,9H2,1H3,(H2,24,25)(H2,27,28,29)/i1D3,9D2. The number of nitrogen functional groups attached to an aromatic ring is 1. The third-order valence-electron chi connectivity index (χ3n) is 4.27. The van der Waals surface area contributed by atoms with Crippen LogP contribution in [-0.2, 0) is 6.37 Å². The lowest BCUT2D eigenvalue weighted by Gasteiger charge is -2.12. The SMILES string of the molecule is [2H]C([2H])([2H])Oc1ccc(Cl)cc1NC(=O)Nc1cccc2[nH]c(C([2H])([2H])c3ccnc(N)c3)cc12. The van der Waals surface area contributed by atoms with Gasteiger partial charge in [-0.25, -0.2) is 9.78 Å². The molecule has 0 saturated heterocycles. The fraction of sp³-hybridized carbons (Fsp3) is 0.0909. The minimum atomic E-state index is -2.72. The molecular formula is C22H20ClN5O2. The minimum Gasteiger partial charge on any atom is -0.495 e. The highest BCUT2D eigenvalue weighted by Gasteiger charge is 2.12. The molecular weight excluding hydrogens is 402 g/mol. The molecule has 2 aromatic heterocycles. The number of urea groups is 1. The Hall–Kier alpha value is -3.71. The summed E-state index contributed by atoms with van der Waals surface area (Å²) in [7, 11) is -2.72. The molecule has 152 valence electrons. The third-order valence-corrected chi connectivity index (χ3v) is 4.51. The summed E-state index contributed by atoms with van der Waals surface area (Å²) in [4.78, 5) is 19.7. The molecule has 0 aliphatic carbocycles. The molecule has 0 aliphatic heterocycles. The van der Waals surface area contributed by atoms with Crippen molar-refractivity contribution in [3.8, 4) is 5.75 Å². The molecule has 0 saturated carbocycles. The average Bonchev–Trinajstić information content (AvgIpc) is 3.21.